The molecule has 0 aliphatic rings. The molecule has 0 aliphatic heterocycles. The highest BCUT2D eigenvalue weighted by Gasteiger charge is 2.20. The molecule has 31 heavy (non-hydrogen) atoms. The van der Waals surface area contributed by atoms with Gasteiger partial charge in [-0.1, -0.05) is 56.3 Å². The number of aromatic nitrogens is 3. The molecule has 1 heterocycles. The van der Waals surface area contributed by atoms with Gasteiger partial charge in [0.1, 0.15) is 12.4 Å². The zero-order valence-corrected chi connectivity index (χ0v) is 19.9. The Bertz CT molecular complexity index is 1030. The van der Waals surface area contributed by atoms with E-state index in [0.29, 0.717) is 21.8 Å². The molecule has 2 aromatic carbocycles. The molecule has 1 amide bonds. The quantitative estimate of drug-likeness (QED) is 0.476. The van der Waals surface area contributed by atoms with E-state index in [1.165, 1.54) is 17.3 Å². The highest BCUT2D eigenvalue weighted by molar-refractivity contribution is 8.00. The lowest BCUT2D eigenvalue weighted by Crippen LogP contribution is -2.23. The van der Waals surface area contributed by atoms with Crippen molar-refractivity contribution in [1.82, 2.24) is 14.8 Å². The summed E-state index contributed by atoms with van der Waals surface area (Å²) in [4.78, 5) is 12.6. The molecular weight excluding hydrogens is 432 g/mol. The van der Waals surface area contributed by atoms with Crippen LogP contribution in [0.15, 0.2) is 53.7 Å². The molecule has 1 aromatic heterocycles. The maximum atomic E-state index is 12.6. The molecule has 1 unspecified atom stereocenters. The molecule has 6 nitrogen and oxygen atoms in total. The summed E-state index contributed by atoms with van der Waals surface area (Å²) in [5, 5.41) is 12.3. The summed E-state index contributed by atoms with van der Waals surface area (Å²) in [6.07, 6.45) is 0. The van der Waals surface area contributed by atoms with Crippen molar-refractivity contribution in [2.45, 2.75) is 50.1 Å². The van der Waals surface area contributed by atoms with Gasteiger partial charge in [0.15, 0.2) is 11.0 Å². The van der Waals surface area contributed by atoms with Crippen molar-refractivity contribution in [3.63, 3.8) is 0 Å². The number of hydrogen-bond acceptors (Lipinski definition) is 5. The molecule has 0 fully saturated rings. The molecule has 0 aliphatic carbocycles. The number of carbonyl (C=O) groups excluding carboxylic acids is 1. The van der Waals surface area contributed by atoms with Crippen LogP contribution < -0.4 is 10.1 Å². The van der Waals surface area contributed by atoms with Gasteiger partial charge in [0.05, 0.1) is 5.25 Å². The van der Waals surface area contributed by atoms with E-state index in [1.54, 1.807) is 24.3 Å². The summed E-state index contributed by atoms with van der Waals surface area (Å²) in [7, 11) is 1.86. The lowest BCUT2D eigenvalue weighted by Gasteiger charge is -2.19. The van der Waals surface area contributed by atoms with Crippen LogP contribution in [0.25, 0.3) is 0 Å². The van der Waals surface area contributed by atoms with E-state index in [2.05, 4.69) is 36.3 Å². The molecule has 164 valence electrons. The van der Waals surface area contributed by atoms with Crippen molar-refractivity contribution in [2.24, 2.45) is 7.05 Å². The van der Waals surface area contributed by atoms with Crippen molar-refractivity contribution in [3.8, 4) is 5.75 Å². The number of hydrogen-bond donors (Lipinski definition) is 1. The largest absolute Gasteiger partial charge is 0.486 e. The van der Waals surface area contributed by atoms with Gasteiger partial charge in [0, 0.05) is 17.8 Å². The van der Waals surface area contributed by atoms with Crippen LogP contribution >= 0.6 is 23.4 Å². The number of ether oxygens (including phenoxy) is 1. The van der Waals surface area contributed by atoms with Gasteiger partial charge >= 0.3 is 0 Å². The van der Waals surface area contributed by atoms with Crippen LogP contribution in [-0.2, 0) is 23.9 Å². The lowest BCUT2D eigenvalue weighted by molar-refractivity contribution is -0.115. The third kappa shape index (κ3) is 6.24. The number of amides is 1. The van der Waals surface area contributed by atoms with Crippen LogP contribution in [-0.4, -0.2) is 25.9 Å². The number of thioether (sulfide) groups is 1. The van der Waals surface area contributed by atoms with E-state index in [-0.39, 0.29) is 23.2 Å². The first-order chi connectivity index (χ1) is 14.6. The third-order valence-electron chi connectivity index (χ3n) is 4.78. The van der Waals surface area contributed by atoms with Crippen molar-refractivity contribution < 1.29 is 9.53 Å². The Labute approximate surface area is 192 Å². The smallest absolute Gasteiger partial charge is 0.237 e. The maximum absolute atomic E-state index is 12.6. The van der Waals surface area contributed by atoms with Gasteiger partial charge in [-0.05, 0) is 54.3 Å². The molecule has 3 rings (SSSR count). The van der Waals surface area contributed by atoms with Crippen molar-refractivity contribution in [1.29, 1.82) is 0 Å². The second-order valence-electron chi connectivity index (χ2n) is 8.28. The minimum atomic E-state index is -0.338. The summed E-state index contributed by atoms with van der Waals surface area (Å²) < 4.78 is 7.57. The second-order valence-corrected chi connectivity index (χ2v) is 10.0. The fourth-order valence-corrected chi connectivity index (χ4v) is 3.72. The standard InChI is InChI=1S/C23H27ClN4O2S/c1-15(21(29)25-18-10-6-16(7-11-18)23(2,3)4)31-22-27-26-20(28(22)5)14-30-19-12-8-17(24)9-13-19/h6-13,15H,14H2,1-5H3,(H,25,29). The lowest BCUT2D eigenvalue weighted by atomic mass is 9.87. The van der Waals surface area contributed by atoms with E-state index < -0.39 is 0 Å². The predicted molar refractivity (Wildman–Crippen MR) is 126 cm³/mol. The summed E-state index contributed by atoms with van der Waals surface area (Å²) >= 11 is 7.24. The predicted octanol–water partition coefficient (Wildman–Crippen LogP) is 5.46. The van der Waals surface area contributed by atoms with Crippen molar-refractivity contribution in [2.75, 3.05) is 5.32 Å². The maximum Gasteiger partial charge on any atom is 0.237 e. The average Bonchev–Trinajstić information content (AvgIpc) is 3.06. The Morgan fingerprint density at radius 2 is 1.77 bits per heavy atom. The monoisotopic (exact) mass is 458 g/mol. The summed E-state index contributed by atoms with van der Waals surface area (Å²) in [6.45, 7) is 8.60. The first kappa shape index (κ1) is 23.2. The number of benzene rings is 2. The topological polar surface area (TPSA) is 69.0 Å². The van der Waals surface area contributed by atoms with Gasteiger partial charge in [-0.25, -0.2) is 0 Å². The minimum absolute atomic E-state index is 0.0753. The molecule has 0 spiro atoms. The molecule has 3 aromatic rings. The average molecular weight is 459 g/mol. The molecule has 1 N–H and O–H groups in total. The van der Waals surface area contributed by atoms with Crippen molar-refractivity contribution in [3.05, 3.63) is 64.9 Å². The number of nitrogens with one attached hydrogen (secondary N) is 1. The van der Waals surface area contributed by atoms with Gasteiger partial charge in [-0.2, -0.15) is 0 Å². The zero-order chi connectivity index (χ0) is 22.6. The van der Waals surface area contributed by atoms with Crippen LogP contribution in [0.5, 0.6) is 5.75 Å². The Kier molecular flexibility index (Phi) is 7.28. The minimum Gasteiger partial charge on any atom is -0.486 e. The zero-order valence-electron chi connectivity index (χ0n) is 18.3. The number of rotatable bonds is 7. The summed E-state index contributed by atoms with van der Waals surface area (Å²) in [5.41, 5.74) is 2.08. The first-order valence-corrected chi connectivity index (χ1v) is 11.2. The Balaban J connectivity index is 1.56. The van der Waals surface area contributed by atoms with E-state index in [0.717, 1.165) is 5.69 Å². The fraction of sp³-hybridized carbons (Fsp3) is 0.348. The van der Waals surface area contributed by atoms with Gasteiger partial charge in [-0.3, -0.25) is 4.79 Å². The molecular formula is C23H27ClN4O2S. The molecule has 0 bridgehead atoms. The summed E-state index contributed by atoms with van der Waals surface area (Å²) in [6, 6.07) is 15.1. The SMILES string of the molecule is CC(Sc1nnc(COc2ccc(Cl)cc2)n1C)C(=O)Nc1ccc(C(C)(C)C)cc1. The van der Waals surface area contributed by atoms with Crippen molar-refractivity contribution >= 4 is 35.0 Å². The summed E-state index contributed by atoms with van der Waals surface area (Å²) in [5.74, 6) is 1.28. The normalized spacial score (nSPS) is 12.5. The Morgan fingerprint density at radius 3 is 2.39 bits per heavy atom. The number of nitrogens with zero attached hydrogens (tertiary/aromatic N) is 3. The van der Waals surface area contributed by atoms with Crippen LogP contribution in [0.2, 0.25) is 5.02 Å². The van der Waals surface area contributed by atoms with Gasteiger partial charge in [-0.15, -0.1) is 10.2 Å². The van der Waals surface area contributed by atoms with Crippen LogP contribution in [0.4, 0.5) is 5.69 Å². The van der Waals surface area contributed by atoms with E-state index in [1.807, 2.05) is 42.8 Å². The highest BCUT2D eigenvalue weighted by atomic mass is 35.5. The Morgan fingerprint density at radius 1 is 1.13 bits per heavy atom. The second kappa shape index (κ2) is 9.75. The highest BCUT2D eigenvalue weighted by Crippen LogP contribution is 2.26. The van der Waals surface area contributed by atoms with E-state index in [4.69, 9.17) is 16.3 Å². The number of carbonyl (C=O) groups is 1. The molecule has 0 radical (unpaired) electrons. The number of anilines is 1. The molecule has 1 atom stereocenters. The van der Waals surface area contributed by atoms with Gasteiger partial charge in [0.2, 0.25) is 5.91 Å². The Hall–Kier alpha value is -2.51. The van der Waals surface area contributed by atoms with Crippen LogP contribution in [0.3, 0.4) is 0 Å². The van der Waals surface area contributed by atoms with E-state index in [9.17, 15) is 4.79 Å². The molecule has 0 saturated heterocycles. The fourth-order valence-electron chi connectivity index (χ4n) is 2.76. The van der Waals surface area contributed by atoms with Crippen LogP contribution in [0.1, 0.15) is 39.1 Å². The van der Waals surface area contributed by atoms with E-state index >= 15 is 0 Å². The molecule has 0 saturated carbocycles. The third-order valence-corrected chi connectivity index (χ3v) is 6.16. The van der Waals surface area contributed by atoms with Crippen LogP contribution in [0, 0.1) is 0 Å². The number of halogens is 1. The van der Waals surface area contributed by atoms with Gasteiger partial charge < -0.3 is 14.6 Å². The first-order valence-electron chi connectivity index (χ1n) is 9.98. The van der Waals surface area contributed by atoms with Gasteiger partial charge in [0.25, 0.3) is 0 Å². The molecule has 8 heteroatoms.